The average molecular weight is 675 g/mol. The molecule has 10 aromatic rings. The number of hydrogen-bond acceptors (Lipinski definition) is 0. The molecule has 0 aliphatic heterocycles. The van der Waals surface area contributed by atoms with Gasteiger partial charge in [-0.1, -0.05) is 158 Å². The molecule has 0 heteroatoms. The summed E-state index contributed by atoms with van der Waals surface area (Å²) < 4.78 is 0. The van der Waals surface area contributed by atoms with E-state index in [4.69, 9.17) is 0 Å². The number of aryl methyl sites for hydroxylation is 1. The van der Waals surface area contributed by atoms with Gasteiger partial charge in [0.25, 0.3) is 0 Å². The van der Waals surface area contributed by atoms with Crippen LogP contribution in [0.5, 0.6) is 0 Å². The normalized spacial score (nSPS) is 13.5. The molecule has 0 spiro atoms. The predicted molar refractivity (Wildman–Crippen MR) is 229 cm³/mol. The van der Waals surface area contributed by atoms with E-state index in [1.54, 1.807) is 0 Å². The van der Waals surface area contributed by atoms with Crippen molar-refractivity contribution in [3.8, 4) is 33.4 Å². The molecule has 0 atom stereocenters. The zero-order valence-electron chi connectivity index (χ0n) is 29.9. The van der Waals surface area contributed by atoms with E-state index < -0.39 is 0 Å². The second-order valence-electron chi connectivity index (χ2n) is 15.2. The molecule has 0 amide bonds. The van der Waals surface area contributed by atoms with Crippen LogP contribution < -0.4 is 0 Å². The summed E-state index contributed by atoms with van der Waals surface area (Å²) in [7, 11) is 0. The van der Waals surface area contributed by atoms with Crippen molar-refractivity contribution in [1.29, 1.82) is 0 Å². The fraction of sp³-hybridized carbons (Fsp3) is 0.0943. The van der Waals surface area contributed by atoms with Crippen LogP contribution >= 0.6 is 0 Å². The minimum atomic E-state index is 0.580. The van der Waals surface area contributed by atoms with Crippen molar-refractivity contribution in [3.05, 3.63) is 181 Å². The van der Waals surface area contributed by atoms with Crippen LogP contribution in [-0.4, -0.2) is 0 Å². The van der Waals surface area contributed by atoms with E-state index in [0.29, 0.717) is 5.92 Å². The van der Waals surface area contributed by atoms with E-state index in [0.717, 1.165) is 0 Å². The Morgan fingerprint density at radius 1 is 0.358 bits per heavy atom. The largest absolute Gasteiger partial charge is 0.0616 e. The molecule has 11 rings (SSSR count). The number of hydrogen-bond donors (Lipinski definition) is 0. The van der Waals surface area contributed by atoms with E-state index in [-0.39, 0.29) is 0 Å². The lowest BCUT2D eigenvalue weighted by atomic mass is 9.73. The Morgan fingerprint density at radius 3 is 1.49 bits per heavy atom. The molecule has 0 N–H and O–H groups in total. The highest BCUT2D eigenvalue weighted by atomic mass is 14.3. The monoisotopic (exact) mass is 674 g/mol. The Labute approximate surface area is 310 Å². The van der Waals surface area contributed by atoms with E-state index in [1.807, 2.05) is 0 Å². The number of rotatable bonds is 4. The zero-order chi connectivity index (χ0) is 35.0. The molecule has 1 aliphatic rings. The predicted octanol–water partition coefficient (Wildman–Crippen LogP) is 15.2. The standard InChI is InChI=1S/C53H38/c1-33-29-38-10-3-5-14-44(38)49-16-8-17-50(52(33)49)51-18-7-15-48(53(51)35-11-6-12-35)42-25-28-47-41(32-42)22-21-40-31-37(24-27-46(40)47)36-23-26-45-39(30-36)20-19-34-9-2-4-13-43(34)45/h2-5,7-10,13-32,35H,6,11-12H2,1H3. The Balaban J connectivity index is 1.02. The first-order valence-corrected chi connectivity index (χ1v) is 19.1. The average Bonchev–Trinajstić information content (AvgIpc) is 3.19. The van der Waals surface area contributed by atoms with Gasteiger partial charge in [0.1, 0.15) is 0 Å². The highest BCUT2D eigenvalue weighted by Crippen LogP contribution is 2.48. The second kappa shape index (κ2) is 11.9. The molecule has 1 saturated carbocycles. The smallest absolute Gasteiger partial charge is 0.00696 e. The minimum Gasteiger partial charge on any atom is -0.0616 e. The van der Waals surface area contributed by atoms with Gasteiger partial charge in [-0.25, -0.2) is 0 Å². The van der Waals surface area contributed by atoms with Gasteiger partial charge < -0.3 is 0 Å². The topological polar surface area (TPSA) is 0 Å². The zero-order valence-corrected chi connectivity index (χ0v) is 29.9. The fourth-order valence-corrected chi connectivity index (χ4v) is 9.40. The molecular formula is C53H38. The molecule has 0 nitrogen and oxygen atoms in total. The molecule has 1 fully saturated rings. The van der Waals surface area contributed by atoms with Gasteiger partial charge in [-0.2, -0.15) is 0 Å². The summed E-state index contributed by atoms with van der Waals surface area (Å²) in [5.41, 5.74) is 10.8. The van der Waals surface area contributed by atoms with Crippen LogP contribution in [0.4, 0.5) is 0 Å². The van der Waals surface area contributed by atoms with E-state index in [2.05, 4.69) is 177 Å². The van der Waals surface area contributed by atoms with Crippen LogP contribution in [0.15, 0.2) is 170 Å². The summed E-state index contributed by atoms with van der Waals surface area (Å²) in [6, 6.07) is 64.0. The summed E-state index contributed by atoms with van der Waals surface area (Å²) in [5, 5.41) is 15.7. The molecule has 10 aromatic carbocycles. The summed E-state index contributed by atoms with van der Waals surface area (Å²) in [6.07, 6.45) is 3.82. The molecular weight excluding hydrogens is 637 g/mol. The molecule has 0 radical (unpaired) electrons. The first-order chi connectivity index (χ1) is 26.2. The van der Waals surface area contributed by atoms with Crippen molar-refractivity contribution in [2.24, 2.45) is 0 Å². The Morgan fingerprint density at radius 2 is 0.830 bits per heavy atom. The highest BCUT2D eigenvalue weighted by Gasteiger charge is 2.27. The molecule has 0 aromatic heterocycles. The van der Waals surface area contributed by atoms with Crippen molar-refractivity contribution < 1.29 is 0 Å². The van der Waals surface area contributed by atoms with Crippen molar-refractivity contribution in [2.75, 3.05) is 0 Å². The third kappa shape index (κ3) is 4.83. The summed E-state index contributed by atoms with van der Waals surface area (Å²) >= 11 is 0. The van der Waals surface area contributed by atoms with Crippen molar-refractivity contribution in [1.82, 2.24) is 0 Å². The molecule has 53 heavy (non-hydrogen) atoms. The van der Waals surface area contributed by atoms with Crippen molar-refractivity contribution >= 4 is 64.6 Å². The fourth-order valence-electron chi connectivity index (χ4n) is 9.40. The molecule has 0 heterocycles. The van der Waals surface area contributed by atoms with Crippen LogP contribution in [0, 0.1) is 6.92 Å². The third-order valence-corrected chi connectivity index (χ3v) is 12.2. The van der Waals surface area contributed by atoms with Gasteiger partial charge in [0.2, 0.25) is 0 Å². The van der Waals surface area contributed by atoms with Crippen LogP contribution in [0.2, 0.25) is 0 Å². The lowest BCUT2D eigenvalue weighted by Gasteiger charge is -2.31. The van der Waals surface area contributed by atoms with Crippen molar-refractivity contribution in [3.63, 3.8) is 0 Å². The molecule has 1 aliphatic carbocycles. The molecule has 0 unspecified atom stereocenters. The van der Waals surface area contributed by atoms with Gasteiger partial charge >= 0.3 is 0 Å². The highest BCUT2D eigenvalue weighted by molar-refractivity contribution is 6.15. The van der Waals surface area contributed by atoms with E-state index >= 15 is 0 Å². The summed E-state index contributed by atoms with van der Waals surface area (Å²) in [6.45, 7) is 2.28. The second-order valence-corrected chi connectivity index (χ2v) is 15.2. The van der Waals surface area contributed by atoms with Crippen molar-refractivity contribution in [2.45, 2.75) is 32.1 Å². The van der Waals surface area contributed by atoms with Gasteiger partial charge in [-0.3, -0.25) is 0 Å². The van der Waals surface area contributed by atoms with Gasteiger partial charge in [-0.05, 0) is 153 Å². The van der Waals surface area contributed by atoms with Gasteiger partial charge in [-0.15, -0.1) is 0 Å². The molecule has 0 bridgehead atoms. The van der Waals surface area contributed by atoms with Crippen LogP contribution in [0.1, 0.15) is 36.3 Å². The third-order valence-electron chi connectivity index (χ3n) is 12.2. The lowest BCUT2D eigenvalue weighted by Crippen LogP contribution is -2.11. The lowest BCUT2D eigenvalue weighted by molar-refractivity contribution is 0.421. The van der Waals surface area contributed by atoms with Crippen LogP contribution in [-0.2, 0) is 0 Å². The van der Waals surface area contributed by atoms with Gasteiger partial charge in [0, 0.05) is 0 Å². The summed E-state index contributed by atoms with van der Waals surface area (Å²) in [4.78, 5) is 0. The number of benzene rings is 10. The van der Waals surface area contributed by atoms with Crippen LogP contribution in [0.25, 0.3) is 98.0 Å². The molecule has 250 valence electrons. The minimum absolute atomic E-state index is 0.580. The van der Waals surface area contributed by atoms with E-state index in [1.165, 1.54) is 128 Å². The van der Waals surface area contributed by atoms with Gasteiger partial charge in [0.15, 0.2) is 0 Å². The first kappa shape index (κ1) is 30.4. The molecule has 0 saturated heterocycles. The maximum atomic E-state index is 2.43. The quantitative estimate of drug-likeness (QED) is 0.163. The Hall–Kier alpha value is -6.24. The Kier molecular flexibility index (Phi) is 6.83. The van der Waals surface area contributed by atoms with Crippen LogP contribution in [0.3, 0.4) is 0 Å². The number of fused-ring (bicyclic) bond motifs is 9. The maximum Gasteiger partial charge on any atom is -0.00696 e. The first-order valence-electron chi connectivity index (χ1n) is 19.1. The maximum absolute atomic E-state index is 2.43. The summed E-state index contributed by atoms with van der Waals surface area (Å²) in [5.74, 6) is 0.580. The Bertz CT molecular complexity index is 3100. The van der Waals surface area contributed by atoms with Gasteiger partial charge in [0.05, 0.1) is 0 Å². The SMILES string of the molecule is Cc1cc2ccccc2c2cccc(-c3cccc(-c4ccc5c(ccc6cc(-c7ccc8c(ccc9ccccc98)c7)ccc65)c4)c3C3CCC3)c12. The van der Waals surface area contributed by atoms with E-state index in [9.17, 15) is 0 Å².